The topological polar surface area (TPSA) is 49.4 Å². The van der Waals surface area contributed by atoms with E-state index in [4.69, 9.17) is 0 Å². The van der Waals surface area contributed by atoms with Crippen molar-refractivity contribution in [3.05, 3.63) is 28.7 Å². The van der Waals surface area contributed by atoms with Gasteiger partial charge in [-0.3, -0.25) is 9.59 Å². The van der Waals surface area contributed by atoms with Crippen molar-refractivity contribution in [1.82, 2.24) is 5.32 Å². The number of halogens is 1. The SMILES string of the molecule is CCC1(CC)NC(=O)CCN(c2ccc(Br)cc2)C1=O. The Hall–Kier alpha value is -1.36. The molecule has 1 aromatic carbocycles. The summed E-state index contributed by atoms with van der Waals surface area (Å²) in [5.41, 5.74) is 0.0571. The molecule has 0 saturated carbocycles. The van der Waals surface area contributed by atoms with E-state index in [1.54, 1.807) is 4.90 Å². The summed E-state index contributed by atoms with van der Waals surface area (Å²) < 4.78 is 0.968. The highest BCUT2D eigenvalue weighted by Gasteiger charge is 2.42. The number of nitrogens with zero attached hydrogens (tertiary/aromatic N) is 1. The molecule has 4 nitrogen and oxygen atoms in total. The third-order valence-corrected chi connectivity index (χ3v) is 4.47. The van der Waals surface area contributed by atoms with Crippen molar-refractivity contribution in [3.63, 3.8) is 0 Å². The summed E-state index contributed by atoms with van der Waals surface area (Å²) in [6, 6.07) is 7.60. The van der Waals surface area contributed by atoms with Gasteiger partial charge in [0.25, 0.3) is 5.91 Å². The van der Waals surface area contributed by atoms with E-state index in [9.17, 15) is 9.59 Å². The predicted octanol–water partition coefficient (Wildman–Crippen LogP) is 2.86. The molecule has 108 valence electrons. The van der Waals surface area contributed by atoms with Crippen molar-refractivity contribution >= 4 is 33.4 Å². The van der Waals surface area contributed by atoms with Crippen LogP contribution in [0.2, 0.25) is 0 Å². The van der Waals surface area contributed by atoms with Crippen molar-refractivity contribution in [2.24, 2.45) is 0 Å². The lowest BCUT2D eigenvalue weighted by Gasteiger charge is -2.33. The van der Waals surface area contributed by atoms with Gasteiger partial charge in [0, 0.05) is 23.1 Å². The molecule has 0 spiro atoms. The van der Waals surface area contributed by atoms with Gasteiger partial charge >= 0.3 is 0 Å². The van der Waals surface area contributed by atoms with Crippen molar-refractivity contribution < 1.29 is 9.59 Å². The Morgan fingerprint density at radius 3 is 2.35 bits per heavy atom. The molecule has 0 bridgehead atoms. The van der Waals surface area contributed by atoms with E-state index in [0.717, 1.165) is 10.2 Å². The molecule has 1 N–H and O–H groups in total. The van der Waals surface area contributed by atoms with Crippen LogP contribution in [-0.4, -0.2) is 23.9 Å². The van der Waals surface area contributed by atoms with Gasteiger partial charge in [-0.15, -0.1) is 0 Å². The number of hydrogen-bond acceptors (Lipinski definition) is 2. The molecule has 1 aromatic rings. The quantitative estimate of drug-likeness (QED) is 0.921. The van der Waals surface area contributed by atoms with Crippen LogP contribution in [0.3, 0.4) is 0 Å². The summed E-state index contributed by atoms with van der Waals surface area (Å²) in [4.78, 5) is 26.5. The second kappa shape index (κ2) is 5.95. The number of nitrogens with one attached hydrogen (secondary N) is 1. The van der Waals surface area contributed by atoms with Gasteiger partial charge in [-0.05, 0) is 37.1 Å². The molecule has 2 amide bonds. The van der Waals surface area contributed by atoms with Crippen LogP contribution in [0, 0.1) is 0 Å². The Morgan fingerprint density at radius 1 is 1.20 bits per heavy atom. The van der Waals surface area contributed by atoms with Gasteiger partial charge in [0.1, 0.15) is 5.54 Å². The lowest BCUT2D eigenvalue weighted by atomic mass is 9.91. The van der Waals surface area contributed by atoms with Gasteiger partial charge in [-0.1, -0.05) is 29.8 Å². The summed E-state index contributed by atoms with van der Waals surface area (Å²) in [7, 11) is 0. The molecule has 1 aliphatic rings. The van der Waals surface area contributed by atoms with Crippen LogP contribution in [-0.2, 0) is 9.59 Å². The fraction of sp³-hybridized carbons (Fsp3) is 0.467. The summed E-state index contributed by atoms with van der Waals surface area (Å²) >= 11 is 3.39. The molecule has 1 aliphatic heterocycles. The van der Waals surface area contributed by atoms with E-state index in [-0.39, 0.29) is 11.8 Å². The number of carbonyl (C=O) groups excluding carboxylic acids is 2. The standard InChI is InChI=1S/C15H19BrN2O2/c1-3-15(4-2)14(20)18(10-9-13(19)17-15)12-7-5-11(16)6-8-12/h5-8H,3-4,9-10H2,1-2H3,(H,17,19). The predicted molar refractivity (Wildman–Crippen MR) is 82.6 cm³/mol. The van der Waals surface area contributed by atoms with Gasteiger partial charge in [0.2, 0.25) is 5.91 Å². The van der Waals surface area contributed by atoms with Gasteiger partial charge in [0.15, 0.2) is 0 Å². The van der Waals surface area contributed by atoms with Crippen molar-refractivity contribution in [2.75, 3.05) is 11.4 Å². The van der Waals surface area contributed by atoms with Crippen LogP contribution in [0.5, 0.6) is 0 Å². The molecule has 0 atom stereocenters. The maximum absolute atomic E-state index is 12.9. The van der Waals surface area contributed by atoms with E-state index >= 15 is 0 Å². The number of anilines is 1. The Morgan fingerprint density at radius 2 is 1.80 bits per heavy atom. The van der Waals surface area contributed by atoms with Gasteiger partial charge in [-0.25, -0.2) is 0 Å². The Bertz CT molecular complexity index is 509. The van der Waals surface area contributed by atoms with Crippen LogP contribution < -0.4 is 10.2 Å². The molecule has 0 radical (unpaired) electrons. The molecule has 20 heavy (non-hydrogen) atoms. The Balaban J connectivity index is 2.39. The van der Waals surface area contributed by atoms with Crippen LogP contribution >= 0.6 is 15.9 Å². The Labute approximate surface area is 127 Å². The highest BCUT2D eigenvalue weighted by molar-refractivity contribution is 9.10. The number of benzene rings is 1. The van der Waals surface area contributed by atoms with E-state index in [0.29, 0.717) is 25.8 Å². The molecule has 1 heterocycles. The second-order valence-corrected chi connectivity index (χ2v) is 5.94. The van der Waals surface area contributed by atoms with Gasteiger partial charge < -0.3 is 10.2 Å². The fourth-order valence-electron chi connectivity index (χ4n) is 2.55. The molecule has 0 unspecified atom stereocenters. The first-order chi connectivity index (χ1) is 9.52. The maximum atomic E-state index is 12.9. The lowest BCUT2D eigenvalue weighted by Crippen LogP contribution is -2.56. The monoisotopic (exact) mass is 338 g/mol. The maximum Gasteiger partial charge on any atom is 0.252 e. The van der Waals surface area contributed by atoms with Crippen molar-refractivity contribution in [3.8, 4) is 0 Å². The lowest BCUT2D eigenvalue weighted by molar-refractivity contribution is -0.130. The Kier molecular flexibility index (Phi) is 4.48. The molecule has 5 heteroatoms. The highest BCUT2D eigenvalue weighted by Crippen LogP contribution is 2.27. The number of carbonyl (C=O) groups is 2. The summed E-state index contributed by atoms with van der Waals surface area (Å²) in [6.45, 7) is 4.30. The fourth-order valence-corrected chi connectivity index (χ4v) is 2.82. The van der Waals surface area contributed by atoms with Crippen LogP contribution in [0.15, 0.2) is 28.7 Å². The second-order valence-electron chi connectivity index (χ2n) is 5.02. The number of amides is 2. The zero-order valence-electron chi connectivity index (χ0n) is 11.8. The summed E-state index contributed by atoms with van der Waals surface area (Å²) in [5, 5.41) is 2.91. The summed E-state index contributed by atoms with van der Waals surface area (Å²) in [6.07, 6.45) is 1.53. The largest absolute Gasteiger partial charge is 0.342 e. The molecule has 0 aliphatic carbocycles. The van der Waals surface area contributed by atoms with E-state index in [1.165, 1.54) is 0 Å². The minimum Gasteiger partial charge on any atom is -0.342 e. The molecule has 1 saturated heterocycles. The number of hydrogen-bond donors (Lipinski definition) is 1. The zero-order valence-corrected chi connectivity index (χ0v) is 13.4. The first kappa shape index (κ1) is 15.0. The zero-order chi connectivity index (χ0) is 14.8. The van der Waals surface area contributed by atoms with Crippen molar-refractivity contribution in [1.29, 1.82) is 0 Å². The third kappa shape index (κ3) is 2.73. The highest BCUT2D eigenvalue weighted by atomic mass is 79.9. The van der Waals surface area contributed by atoms with Gasteiger partial charge in [-0.2, -0.15) is 0 Å². The van der Waals surface area contributed by atoms with E-state index in [2.05, 4.69) is 21.2 Å². The minimum absolute atomic E-state index is 0.0179. The normalized spacial score (nSPS) is 18.6. The molecular formula is C15H19BrN2O2. The van der Waals surface area contributed by atoms with Crippen LogP contribution in [0.1, 0.15) is 33.1 Å². The van der Waals surface area contributed by atoms with Crippen LogP contribution in [0.4, 0.5) is 5.69 Å². The molecule has 1 fully saturated rings. The first-order valence-corrected chi connectivity index (χ1v) is 7.70. The first-order valence-electron chi connectivity index (χ1n) is 6.91. The van der Waals surface area contributed by atoms with Crippen LogP contribution in [0.25, 0.3) is 0 Å². The molecule has 2 rings (SSSR count). The molecular weight excluding hydrogens is 320 g/mol. The summed E-state index contributed by atoms with van der Waals surface area (Å²) in [5.74, 6) is -0.0719. The average Bonchev–Trinajstić information content (AvgIpc) is 2.58. The minimum atomic E-state index is -0.777. The van der Waals surface area contributed by atoms with Crippen molar-refractivity contribution in [2.45, 2.75) is 38.6 Å². The van der Waals surface area contributed by atoms with E-state index in [1.807, 2.05) is 38.1 Å². The number of rotatable bonds is 3. The smallest absolute Gasteiger partial charge is 0.252 e. The third-order valence-electron chi connectivity index (χ3n) is 3.94. The van der Waals surface area contributed by atoms with Gasteiger partial charge in [0.05, 0.1) is 0 Å². The van der Waals surface area contributed by atoms with E-state index < -0.39 is 5.54 Å². The average molecular weight is 339 g/mol. The molecule has 0 aromatic heterocycles.